The summed E-state index contributed by atoms with van der Waals surface area (Å²) in [7, 11) is 4.06. The van der Waals surface area contributed by atoms with E-state index in [1.165, 1.54) is 0 Å². The maximum absolute atomic E-state index is 8.88. The van der Waals surface area contributed by atoms with Crippen molar-refractivity contribution in [2.24, 2.45) is 0 Å². The van der Waals surface area contributed by atoms with E-state index >= 15 is 0 Å². The zero-order chi connectivity index (χ0) is 8.97. The fourth-order valence-corrected chi connectivity index (χ4v) is 1.01. The van der Waals surface area contributed by atoms with Gasteiger partial charge in [0.1, 0.15) is 11.5 Å². The van der Waals surface area contributed by atoms with Gasteiger partial charge in [0.25, 0.3) is 0 Å². The second-order valence-electron chi connectivity index (χ2n) is 2.21. The molecule has 0 bridgehead atoms. The molecular formula is C8H10BO3. The topological polar surface area (TPSA) is 38.7 Å². The van der Waals surface area contributed by atoms with E-state index in [1.807, 2.05) is 0 Å². The van der Waals surface area contributed by atoms with E-state index in [9.17, 15) is 0 Å². The summed E-state index contributed by atoms with van der Waals surface area (Å²) in [6.07, 6.45) is 0. The lowest BCUT2D eigenvalue weighted by molar-refractivity contribution is 0.399. The molecule has 0 spiro atoms. The minimum absolute atomic E-state index is 0.558. The molecule has 1 radical (unpaired) electrons. The van der Waals surface area contributed by atoms with E-state index < -0.39 is 0 Å². The van der Waals surface area contributed by atoms with Crippen LogP contribution in [0.25, 0.3) is 0 Å². The highest BCUT2D eigenvalue weighted by atomic mass is 16.5. The summed E-state index contributed by atoms with van der Waals surface area (Å²) in [4.78, 5) is 0. The number of methoxy groups -OCH3 is 2. The normalized spacial score (nSPS) is 9.25. The van der Waals surface area contributed by atoms with Crippen LogP contribution >= 0.6 is 0 Å². The Morgan fingerprint density at radius 1 is 1.17 bits per heavy atom. The predicted octanol–water partition coefficient (Wildman–Crippen LogP) is -0.0594. The van der Waals surface area contributed by atoms with E-state index in [-0.39, 0.29) is 0 Å². The maximum Gasteiger partial charge on any atom is 0.334 e. The number of hydrogen-bond donors (Lipinski definition) is 1. The van der Waals surface area contributed by atoms with Crippen LogP contribution in [0, 0.1) is 0 Å². The Morgan fingerprint density at radius 2 is 1.67 bits per heavy atom. The van der Waals surface area contributed by atoms with Crippen molar-refractivity contribution in [2.45, 2.75) is 0 Å². The van der Waals surface area contributed by atoms with Crippen LogP contribution in [-0.2, 0) is 0 Å². The lowest BCUT2D eigenvalue weighted by Gasteiger charge is -2.09. The first-order chi connectivity index (χ1) is 5.83. The number of benzene rings is 1. The van der Waals surface area contributed by atoms with Crippen LogP contribution < -0.4 is 14.9 Å². The molecule has 63 valence electrons. The molecule has 1 N–H and O–H groups in total. The third-order valence-corrected chi connectivity index (χ3v) is 1.60. The highest BCUT2D eigenvalue weighted by Gasteiger charge is 2.08. The second kappa shape index (κ2) is 4.02. The number of rotatable bonds is 3. The van der Waals surface area contributed by atoms with E-state index in [0.717, 1.165) is 7.48 Å². The van der Waals surface area contributed by atoms with Crippen molar-refractivity contribution in [3.63, 3.8) is 0 Å². The highest BCUT2D eigenvalue weighted by molar-refractivity contribution is 6.48. The molecule has 4 heteroatoms. The van der Waals surface area contributed by atoms with Gasteiger partial charge in [0.2, 0.25) is 0 Å². The Hall–Kier alpha value is -1.16. The second-order valence-corrected chi connectivity index (χ2v) is 2.21. The molecule has 0 atom stereocenters. The molecule has 12 heavy (non-hydrogen) atoms. The Bertz CT molecular complexity index is 240. The predicted molar refractivity (Wildman–Crippen MR) is 47.2 cm³/mol. The van der Waals surface area contributed by atoms with Crippen LogP contribution in [0.15, 0.2) is 18.2 Å². The van der Waals surface area contributed by atoms with Gasteiger partial charge in [-0.3, -0.25) is 0 Å². The summed E-state index contributed by atoms with van der Waals surface area (Å²) >= 11 is 0. The molecular weight excluding hydrogens is 155 g/mol. The Balaban J connectivity index is 3.13. The average Bonchev–Trinajstić information content (AvgIpc) is 2.16. The van der Waals surface area contributed by atoms with Gasteiger partial charge in [0.15, 0.2) is 0 Å². The minimum atomic E-state index is 0.558. The molecule has 0 aliphatic heterocycles. The van der Waals surface area contributed by atoms with E-state index in [2.05, 4.69) is 0 Å². The largest absolute Gasteiger partial charge is 0.497 e. The maximum atomic E-state index is 8.88. The monoisotopic (exact) mass is 165 g/mol. The lowest BCUT2D eigenvalue weighted by Crippen LogP contribution is -2.18. The summed E-state index contributed by atoms with van der Waals surface area (Å²) in [5.74, 6) is 1.19. The quantitative estimate of drug-likeness (QED) is 0.637. The summed E-state index contributed by atoms with van der Waals surface area (Å²) < 4.78 is 10.0. The minimum Gasteiger partial charge on any atom is -0.497 e. The van der Waals surface area contributed by atoms with Crippen molar-refractivity contribution in [3.8, 4) is 11.5 Å². The van der Waals surface area contributed by atoms with Crippen molar-refractivity contribution in [1.29, 1.82) is 0 Å². The molecule has 0 fully saturated rings. The Morgan fingerprint density at radius 3 is 2.00 bits per heavy atom. The van der Waals surface area contributed by atoms with Gasteiger partial charge >= 0.3 is 7.48 Å². The van der Waals surface area contributed by atoms with Crippen LogP contribution in [0.3, 0.4) is 0 Å². The zero-order valence-electron chi connectivity index (χ0n) is 7.07. The lowest BCUT2D eigenvalue weighted by atomic mass is 9.87. The van der Waals surface area contributed by atoms with Crippen LogP contribution in [-0.4, -0.2) is 26.7 Å². The van der Waals surface area contributed by atoms with Gasteiger partial charge in [0, 0.05) is 5.46 Å². The van der Waals surface area contributed by atoms with Crippen LogP contribution in [0.4, 0.5) is 0 Å². The van der Waals surface area contributed by atoms with E-state index in [0.29, 0.717) is 17.0 Å². The Kier molecular flexibility index (Phi) is 2.99. The molecule has 0 aliphatic carbocycles. The fourth-order valence-electron chi connectivity index (χ4n) is 1.01. The zero-order valence-corrected chi connectivity index (χ0v) is 7.07. The molecule has 1 aromatic carbocycles. The third kappa shape index (κ3) is 1.53. The standard InChI is InChI=1S/C8H10BO3/c1-11-6-4-3-5-7(12-2)8(6)9-10/h3-5,10H,1-2H3. The average molecular weight is 165 g/mol. The summed E-state index contributed by atoms with van der Waals surface area (Å²) in [5.41, 5.74) is 0.558. The molecule has 0 saturated carbocycles. The van der Waals surface area contributed by atoms with Gasteiger partial charge in [-0.15, -0.1) is 0 Å². The molecule has 0 unspecified atom stereocenters. The molecule has 0 aliphatic rings. The first-order valence-electron chi connectivity index (χ1n) is 3.52. The summed E-state index contributed by atoms with van der Waals surface area (Å²) in [6, 6.07) is 5.31. The number of ether oxygens (including phenoxy) is 2. The van der Waals surface area contributed by atoms with Gasteiger partial charge < -0.3 is 14.5 Å². The Labute approximate surface area is 72.2 Å². The van der Waals surface area contributed by atoms with Crippen LogP contribution in [0.1, 0.15) is 0 Å². The summed E-state index contributed by atoms with van der Waals surface area (Å²) in [5, 5.41) is 8.88. The van der Waals surface area contributed by atoms with Gasteiger partial charge in [-0.25, -0.2) is 0 Å². The first kappa shape index (κ1) is 8.94. The van der Waals surface area contributed by atoms with Gasteiger partial charge in [-0.2, -0.15) is 0 Å². The SMILES string of the molecule is COc1cccc(OC)c1[B]O. The smallest absolute Gasteiger partial charge is 0.334 e. The highest BCUT2D eigenvalue weighted by Crippen LogP contribution is 2.14. The van der Waals surface area contributed by atoms with Crippen molar-refractivity contribution >= 4 is 12.9 Å². The molecule has 1 rings (SSSR count). The third-order valence-electron chi connectivity index (χ3n) is 1.60. The van der Waals surface area contributed by atoms with E-state index in [4.69, 9.17) is 14.5 Å². The number of hydrogen-bond acceptors (Lipinski definition) is 3. The molecule has 3 nitrogen and oxygen atoms in total. The van der Waals surface area contributed by atoms with Crippen molar-refractivity contribution in [3.05, 3.63) is 18.2 Å². The first-order valence-corrected chi connectivity index (χ1v) is 3.52. The molecule has 1 aromatic rings. The van der Waals surface area contributed by atoms with Gasteiger partial charge in [-0.05, 0) is 12.1 Å². The van der Waals surface area contributed by atoms with Crippen molar-refractivity contribution < 1.29 is 14.5 Å². The molecule has 0 aromatic heterocycles. The van der Waals surface area contributed by atoms with Gasteiger partial charge in [0.05, 0.1) is 14.2 Å². The van der Waals surface area contributed by atoms with Crippen LogP contribution in [0.5, 0.6) is 11.5 Å². The van der Waals surface area contributed by atoms with Crippen molar-refractivity contribution in [1.82, 2.24) is 0 Å². The molecule has 0 amide bonds. The van der Waals surface area contributed by atoms with Gasteiger partial charge in [-0.1, -0.05) is 6.07 Å². The van der Waals surface area contributed by atoms with Crippen LogP contribution in [0.2, 0.25) is 0 Å². The molecule has 0 saturated heterocycles. The molecule has 0 heterocycles. The van der Waals surface area contributed by atoms with E-state index in [1.54, 1.807) is 32.4 Å². The fraction of sp³-hybridized carbons (Fsp3) is 0.250. The summed E-state index contributed by atoms with van der Waals surface area (Å²) in [6.45, 7) is 0. The van der Waals surface area contributed by atoms with Crippen molar-refractivity contribution in [2.75, 3.05) is 14.2 Å².